The smallest absolute Gasteiger partial charge is 0.243 e. The van der Waals surface area contributed by atoms with Crippen LogP contribution in [0.25, 0.3) is 103 Å². The summed E-state index contributed by atoms with van der Waals surface area (Å²) in [6, 6.07) is 24.5. The molecule has 12 aromatic rings. The van der Waals surface area contributed by atoms with E-state index in [1.165, 1.54) is 33.6 Å². The van der Waals surface area contributed by atoms with Gasteiger partial charge in [-0.15, -0.1) is 34.0 Å². The van der Waals surface area contributed by atoms with Crippen molar-refractivity contribution in [3.05, 3.63) is 150 Å². The Labute approximate surface area is 753 Å². The minimum atomic E-state index is -0.266. The van der Waals surface area contributed by atoms with Crippen LogP contribution in [-0.2, 0) is 56.1 Å². The average molecular weight is 1790 g/mol. The quantitative estimate of drug-likeness (QED) is 0.0364. The van der Waals surface area contributed by atoms with E-state index in [1.807, 2.05) is 75.8 Å². The van der Waals surface area contributed by atoms with Gasteiger partial charge in [-0.05, 0) is 92.3 Å². The first kappa shape index (κ1) is 88.2. The zero-order chi connectivity index (χ0) is 86.9. The van der Waals surface area contributed by atoms with E-state index in [0.717, 1.165) is 239 Å². The predicted octanol–water partition coefficient (Wildman–Crippen LogP) is 11.2. The molecule has 15 heterocycles. The number of nitrogens with zero attached hydrogens (tertiary/aromatic N) is 17. The molecule has 6 amide bonds. The van der Waals surface area contributed by atoms with E-state index >= 15 is 0 Å². The fourth-order valence-corrected chi connectivity index (χ4v) is 22.0. The lowest BCUT2D eigenvalue weighted by Crippen LogP contribution is -2.54. The summed E-state index contributed by atoms with van der Waals surface area (Å²) in [6.45, 7) is 28.5. The summed E-state index contributed by atoms with van der Waals surface area (Å²) in [6.07, 6.45) is 19.9. The van der Waals surface area contributed by atoms with E-state index in [9.17, 15) is 28.8 Å². The molecule has 668 valence electrons. The Hall–Kier alpha value is -11.8. The van der Waals surface area contributed by atoms with Crippen molar-refractivity contribution in [2.24, 2.45) is 11.8 Å². The number of benzene rings is 3. The normalized spacial score (nSPS) is 19.7. The molecule has 0 bridgehead atoms. The topological polar surface area (TPSA) is 356 Å². The first-order valence-electron chi connectivity index (χ1n) is 44.2. The number of hydrogen-bond donors (Lipinski definition) is 6. The van der Waals surface area contributed by atoms with Crippen LogP contribution < -0.4 is 30.7 Å². The maximum Gasteiger partial charge on any atom is 0.243 e. The Morgan fingerprint density at radius 2 is 0.844 bits per heavy atom. The van der Waals surface area contributed by atoms with Crippen LogP contribution in [-0.4, -0.2) is 283 Å². The van der Waals surface area contributed by atoms with Crippen LogP contribution >= 0.6 is 34.0 Å². The Balaban J connectivity index is 0.000000135. The second-order valence-corrected chi connectivity index (χ2v) is 36.5. The molecule has 35 heteroatoms. The molecule has 2 aliphatic carbocycles. The van der Waals surface area contributed by atoms with E-state index in [2.05, 4.69) is 127 Å². The molecular weight excluding hydrogens is 1680 g/mol. The number of carbonyl (C=O) groups excluding carboxylic acids is 6. The monoisotopic (exact) mass is 1790 g/mol. The second-order valence-electron chi connectivity index (χ2n) is 33.2. The third kappa shape index (κ3) is 19.7. The molecule has 0 radical (unpaired) electrons. The van der Waals surface area contributed by atoms with Crippen LogP contribution in [0.15, 0.2) is 135 Å². The zero-order valence-corrected chi connectivity index (χ0v) is 73.6. The molecule has 2 saturated carbocycles. The zero-order valence-electron chi connectivity index (χ0n) is 71.2. The molecule has 128 heavy (non-hydrogen) atoms. The summed E-state index contributed by atoms with van der Waals surface area (Å²) in [7, 11) is 0. The van der Waals surface area contributed by atoms with Crippen LogP contribution in [0.5, 0.6) is 0 Å². The number of piperazine rings is 2. The number of rotatable bonds is 21. The average Bonchev–Trinajstić information content (AvgIpc) is 1.63. The predicted molar refractivity (Wildman–Crippen MR) is 502 cm³/mol. The van der Waals surface area contributed by atoms with Crippen molar-refractivity contribution in [3.63, 3.8) is 0 Å². The van der Waals surface area contributed by atoms with Gasteiger partial charge < -0.3 is 59.6 Å². The molecule has 9 aromatic heterocycles. The van der Waals surface area contributed by atoms with Gasteiger partial charge in [0.2, 0.25) is 35.4 Å². The van der Waals surface area contributed by atoms with Crippen LogP contribution in [0.4, 0.5) is 17.5 Å². The maximum atomic E-state index is 13.5. The molecule has 6 N–H and O–H groups in total. The van der Waals surface area contributed by atoms with Gasteiger partial charge >= 0.3 is 0 Å². The van der Waals surface area contributed by atoms with E-state index in [4.69, 9.17) is 44.1 Å². The van der Waals surface area contributed by atoms with Crippen molar-refractivity contribution in [2.75, 3.05) is 166 Å². The lowest BCUT2D eigenvalue weighted by molar-refractivity contribution is -0.140. The highest BCUT2D eigenvalue weighted by Crippen LogP contribution is 2.43. The molecule has 32 nitrogen and oxygen atoms in total. The number of hydrogen-bond acceptors (Lipinski definition) is 26. The van der Waals surface area contributed by atoms with Crippen LogP contribution in [0.1, 0.15) is 86.3 Å². The van der Waals surface area contributed by atoms with Gasteiger partial charge in [-0.1, -0.05) is 95.3 Å². The fraction of sp³-hybridized carbons (Fsp3) is 0.430. The summed E-state index contributed by atoms with van der Waals surface area (Å²) < 4.78 is 20.2. The van der Waals surface area contributed by atoms with Gasteiger partial charge in [0.05, 0.1) is 117 Å². The number of morpholine rings is 3. The summed E-state index contributed by atoms with van der Waals surface area (Å²) in [4.78, 5) is 127. The van der Waals surface area contributed by atoms with E-state index in [0.29, 0.717) is 103 Å². The van der Waals surface area contributed by atoms with Crippen LogP contribution in [0, 0.1) is 11.8 Å². The standard InChI is InChI=1S/2C32H38N8O3S.C28H29N7O3S.CH4/c2*1-2-28(41)34-25-8-4-3-6-23(25)32(42)40-12-10-38(11-13-40)20-21-18-27-29(44-21)31(39-14-16-43-17-15-39)36-30(35-27)22-7-5-9-26-24(22)19-33-37-26;1-2-24(36)29-9-6-25(37)34-10-7-18(8-11-34)23-16-22-26(39-23)28(35-12-14-38-15-13-35)32-27(31-22)19-4-3-5-21-20(19)17-30-33-21;/h2*2,5,7,9,18-19,23,25H,1,3-4,6,8,10-17,20H2,(H,33,37)(H,34,41);2-5,7,16-17H,1,6,8-15H2,(H,29,36)(H,30,33);1H4/t23-,25+;23-,25-;;/m11../s1. The van der Waals surface area contributed by atoms with Crippen LogP contribution in [0.3, 0.4) is 0 Å². The van der Waals surface area contributed by atoms with Gasteiger partial charge in [0.15, 0.2) is 34.9 Å². The van der Waals surface area contributed by atoms with Gasteiger partial charge in [-0.25, -0.2) is 29.9 Å². The van der Waals surface area contributed by atoms with Crippen molar-refractivity contribution < 1.29 is 43.0 Å². The first-order valence-corrected chi connectivity index (χ1v) is 46.6. The van der Waals surface area contributed by atoms with Gasteiger partial charge in [0, 0.05) is 190 Å². The molecule has 4 atom stereocenters. The Kier molecular flexibility index (Phi) is 28.0. The van der Waals surface area contributed by atoms with Gasteiger partial charge in [0.1, 0.15) is 0 Å². The second kappa shape index (κ2) is 40.7. The SMILES string of the molecule is C.C=CC(=O)NCCC(=O)N1CC=C(c2cc3nc(-c4cccc5[nH]ncc45)nc(N4CCOCC4)c3s2)CC1.C=CC(=O)N[C@@H]1CCCC[C@H]1C(=O)N1CCN(Cc2cc3nc(-c4cccc5[nH]ncc45)nc(N4CCOCC4)c3s2)CC1.C=CC(=O)N[C@H]1CCCC[C@H]1C(=O)N1CCN(Cc2cc3nc(-c4cccc5[nH]ncc45)nc(N4CCOCC4)c3s2)CC1. The minimum absolute atomic E-state index is 0. The van der Waals surface area contributed by atoms with Gasteiger partial charge in [0.25, 0.3) is 0 Å². The number of aromatic amines is 3. The lowest BCUT2D eigenvalue weighted by atomic mass is 9.83. The first-order chi connectivity index (χ1) is 62.2. The van der Waals surface area contributed by atoms with Crippen molar-refractivity contribution in [1.82, 2.24) is 101 Å². The summed E-state index contributed by atoms with van der Waals surface area (Å²) >= 11 is 5.23. The summed E-state index contributed by atoms with van der Waals surface area (Å²) in [5.74, 6) is 4.35. The van der Waals surface area contributed by atoms with Crippen molar-refractivity contribution >= 4 is 156 Å². The largest absolute Gasteiger partial charge is 0.378 e. The number of nitrogens with one attached hydrogen (secondary N) is 6. The number of ether oxygens (including phenoxy) is 3. The molecule has 0 spiro atoms. The number of aromatic nitrogens is 12. The van der Waals surface area contributed by atoms with Gasteiger partial charge in [-0.3, -0.25) is 53.9 Å². The third-order valence-electron chi connectivity index (χ3n) is 25.3. The van der Waals surface area contributed by atoms with Crippen LogP contribution in [0.2, 0.25) is 0 Å². The molecule has 0 unspecified atom stereocenters. The summed E-state index contributed by atoms with van der Waals surface area (Å²) in [5, 5.41) is 33.5. The third-order valence-corrected chi connectivity index (χ3v) is 28.7. The Morgan fingerprint density at radius 1 is 0.453 bits per heavy atom. The number of thiophene rings is 3. The van der Waals surface area contributed by atoms with E-state index in [-0.39, 0.29) is 73.2 Å². The van der Waals surface area contributed by atoms with E-state index in [1.54, 1.807) is 34.0 Å². The molecule has 8 aliphatic rings. The minimum Gasteiger partial charge on any atom is -0.378 e. The van der Waals surface area contributed by atoms with E-state index < -0.39 is 0 Å². The van der Waals surface area contributed by atoms with Gasteiger partial charge in [-0.2, -0.15) is 15.3 Å². The number of anilines is 3. The van der Waals surface area contributed by atoms with Crippen molar-refractivity contribution in [1.29, 1.82) is 0 Å². The Bertz CT molecular complexity index is 5830. The Morgan fingerprint density at radius 3 is 1.23 bits per heavy atom. The molecule has 3 aromatic carbocycles. The highest BCUT2D eigenvalue weighted by molar-refractivity contribution is 7.21. The molecule has 6 aliphatic heterocycles. The number of amides is 6. The lowest BCUT2D eigenvalue weighted by Gasteiger charge is -2.39. The number of H-pyrrole nitrogens is 3. The number of fused-ring (bicyclic) bond motifs is 6. The van der Waals surface area contributed by atoms with Crippen molar-refractivity contribution in [2.45, 2.75) is 96.8 Å². The summed E-state index contributed by atoms with van der Waals surface area (Å²) in [5.41, 5.74) is 9.78. The molecular formula is C93H109N23O9S3. The highest BCUT2D eigenvalue weighted by Gasteiger charge is 2.39. The molecule has 20 rings (SSSR count). The fourth-order valence-electron chi connectivity index (χ4n) is 18.5. The molecule has 7 fully saturated rings. The van der Waals surface area contributed by atoms with Crippen molar-refractivity contribution in [3.8, 4) is 34.2 Å². The highest BCUT2D eigenvalue weighted by atomic mass is 32.1. The maximum absolute atomic E-state index is 13.5. The number of carbonyl (C=O) groups is 6. The molecule has 5 saturated heterocycles.